The fourth-order valence-electron chi connectivity index (χ4n) is 9.82. The SMILES string of the molecule is CC(=O)[C@H]1CC[C@H]2[C@@H]3CC[C@H]4C[C@](C)(OC(=O)CN(C)C(=O)CNC(=O)OCc5ccccc5)CC[C@]4(C)[C@H]3CC[C@]12C. The Balaban J connectivity index is 1.10. The number of ketones is 1. The van der Waals surface area contributed by atoms with E-state index in [-0.39, 0.29) is 36.4 Å². The molecule has 4 aliphatic carbocycles. The second-order valence-corrected chi connectivity index (χ2v) is 14.7. The Hall–Kier alpha value is -2.90. The van der Waals surface area contributed by atoms with E-state index in [0.717, 1.165) is 44.1 Å². The molecule has 43 heavy (non-hydrogen) atoms. The van der Waals surface area contributed by atoms with Gasteiger partial charge in [0.1, 0.15) is 31.1 Å². The van der Waals surface area contributed by atoms with Crippen LogP contribution in [0.25, 0.3) is 0 Å². The number of likely N-dealkylation sites (N-methyl/N-ethyl adjacent to an activating group) is 1. The van der Waals surface area contributed by atoms with Crippen molar-refractivity contribution in [2.24, 2.45) is 40.4 Å². The molecule has 4 fully saturated rings. The van der Waals surface area contributed by atoms with Crippen LogP contribution in [0.3, 0.4) is 0 Å². The zero-order valence-electron chi connectivity index (χ0n) is 26.7. The van der Waals surface area contributed by atoms with E-state index >= 15 is 0 Å². The Labute approximate surface area is 256 Å². The maximum Gasteiger partial charge on any atom is 0.407 e. The van der Waals surface area contributed by atoms with Crippen molar-refractivity contribution in [2.45, 2.75) is 97.7 Å². The number of rotatable bonds is 8. The van der Waals surface area contributed by atoms with E-state index in [2.05, 4.69) is 26.1 Å². The summed E-state index contributed by atoms with van der Waals surface area (Å²) in [6, 6.07) is 9.30. The predicted octanol–water partition coefficient (Wildman–Crippen LogP) is 5.92. The molecule has 4 aliphatic rings. The van der Waals surface area contributed by atoms with E-state index in [4.69, 9.17) is 9.47 Å². The number of amides is 2. The van der Waals surface area contributed by atoms with Gasteiger partial charge in [0.05, 0.1) is 0 Å². The van der Waals surface area contributed by atoms with Crippen LogP contribution in [0.4, 0.5) is 4.79 Å². The van der Waals surface area contributed by atoms with Crippen molar-refractivity contribution in [2.75, 3.05) is 20.1 Å². The molecule has 1 N–H and O–H groups in total. The van der Waals surface area contributed by atoms with Crippen molar-refractivity contribution in [3.05, 3.63) is 35.9 Å². The maximum absolute atomic E-state index is 13.0. The topological polar surface area (TPSA) is 102 Å². The number of fused-ring (bicyclic) bond motifs is 5. The molecule has 8 atom stereocenters. The van der Waals surface area contributed by atoms with Crippen LogP contribution >= 0.6 is 0 Å². The maximum atomic E-state index is 13.0. The van der Waals surface area contributed by atoms with Gasteiger partial charge < -0.3 is 19.7 Å². The molecule has 0 radical (unpaired) electrons. The molecule has 0 aliphatic heterocycles. The quantitative estimate of drug-likeness (QED) is 0.375. The van der Waals surface area contributed by atoms with Gasteiger partial charge in [-0.3, -0.25) is 14.4 Å². The third-order valence-electron chi connectivity index (χ3n) is 12.2. The van der Waals surface area contributed by atoms with Crippen molar-refractivity contribution >= 4 is 23.8 Å². The summed E-state index contributed by atoms with van der Waals surface area (Å²) in [5.74, 6) is 2.31. The van der Waals surface area contributed by atoms with Crippen LogP contribution in [-0.4, -0.2) is 54.4 Å². The fraction of sp³-hybridized carbons (Fsp3) is 0.714. The molecule has 8 nitrogen and oxygen atoms in total. The largest absolute Gasteiger partial charge is 0.458 e. The second-order valence-electron chi connectivity index (χ2n) is 14.7. The lowest BCUT2D eigenvalue weighted by atomic mass is 9.44. The molecule has 236 valence electrons. The third kappa shape index (κ3) is 6.34. The molecule has 0 saturated heterocycles. The molecule has 0 spiro atoms. The number of Topliss-reactive ketones (excluding diaryl/α,β-unsaturated/α-hetero) is 1. The minimum atomic E-state index is -0.685. The summed E-state index contributed by atoms with van der Waals surface area (Å²) < 4.78 is 11.2. The molecule has 8 heteroatoms. The lowest BCUT2D eigenvalue weighted by Crippen LogP contribution is -2.56. The average Bonchev–Trinajstić information content (AvgIpc) is 3.33. The van der Waals surface area contributed by atoms with Crippen LogP contribution in [0.2, 0.25) is 0 Å². The van der Waals surface area contributed by atoms with Gasteiger partial charge in [-0.2, -0.15) is 0 Å². The van der Waals surface area contributed by atoms with Crippen LogP contribution in [0.5, 0.6) is 0 Å². The van der Waals surface area contributed by atoms with E-state index in [1.807, 2.05) is 30.3 Å². The Bertz CT molecular complexity index is 1220. The minimum Gasteiger partial charge on any atom is -0.458 e. The number of carbonyl (C=O) groups excluding carboxylic acids is 4. The number of ether oxygens (including phenoxy) is 2. The number of hydrogen-bond acceptors (Lipinski definition) is 6. The smallest absolute Gasteiger partial charge is 0.407 e. The van der Waals surface area contributed by atoms with Gasteiger partial charge in [-0.15, -0.1) is 0 Å². The van der Waals surface area contributed by atoms with E-state index in [9.17, 15) is 19.2 Å². The van der Waals surface area contributed by atoms with Gasteiger partial charge in [-0.05, 0) is 112 Å². The van der Waals surface area contributed by atoms with E-state index < -0.39 is 23.6 Å². The van der Waals surface area contributed by atoms with Gasteiger partial charge in [0.2, 0.25) is 5.91 Å². The summed E-state index contributed by atoms with van der Waals surface area (Å²) >= 11 is 0. The third-order valence-corrected chi connectivity index (χ3v) is 12.2. The van der Waals surface area contributed by atoms with Gasteiger partial charge in [-0.1, -0.05) is 44.2 Å². The molecule has 0 unspecified atom stereocenters. The number of esters is 1. The highest BCUT2D eigenvalue weighted by Gasteiger charge is 2.61. The number of alkyl carbamates (subject to hydrolysis) is 1. The second kappa shape index (κ2) is 12.2. The molecular weight excluding hydrogens is 544 g/mol. The number of nitrogens with one attached hydrogen (secondary N) is 1. The molecule has 0 bridgehead atoms. The van der Waals surface area contributed by atoms with Gasteiger partial charge in [-0.25, -0.2) is 4.79 Å². The highest BCUT2D eigenvalue weighted by molar-refractivity contribution is 5.85. The van der Waals surface area contributed by atoms with E-state index in [1.165, 1.54) is 24.2 Å². The zero-order valence-corrected chi connectivity index (χ0v) is 26.7. The fourth-order valence-corrected chi connectivity index (χ4v) is 9.82. The Morgan fingerprint density at radius 2 is 1.63 bits per heavy atom. The first kappa shape index (κ1) is 31.5. The minimum absolute atomic E-state index is 0.114. The van der Waals surface area contributed by atoms with Gasteiger partial charge in [0.25, 0.3) is 0 Å². The summed E-state index contributed by atoms with van der Waals surface area (Å²) in [6.07, 6.45) is 8.96. The average molecular weight is 595 g/mol. The summed E-state index contributed by atoms with van der Waals surface area (Å²) in [5.41, 5.74) is 0.703. The Kier molecular flexibility index (Phi) is 8.97. The monoisotopic (exact) mass is 594 g/mol. The molecule has 1 aromatic carbocycles. The van der Waals surface area contributed by atoms with Crippen molar-refractivity contribution in [1.82, 2.24) is 10.2 Å². The van der Waals surface area contributed by atoms with Crippen molar-refractivity contribution < 1.29 is 28.7 Å². The van der Waals surface area contributed by atoms with E-state index in [0.29, 0.717) is 29.5 Å². The highest BCUT2D eigenvalue weighted by Crippen LogP contribution is 2.68. The van der Waals surface area contributed by atoms with Crippen molar-refractivity contribution in [3.8, 4) is 0 Å². The Morgan fingerprint density at radius 1 is 0.907 bits per heavy atom. The summed E-state index contributed by atoms with van der Waals surface area (Å²) in [7, 11) is 1.54. The van der Waals surface area contributed by atoms with Crippen LogP contribution in [0.1, 0.15) is 91.0 Å². The van der Waals surface area contributed by atoms with Crippen molar-refractivity contribution in [3.63, 3.8) is 0 Å². The molecule has 1 aromatic rings. The first-order valence-corrected chi connectivity index (χ1v) is 16.3. The molecule has 0 heterocycles. The summed E-state index contributed by atoms with van der Waals surface area (Å²) in [5, 5.41) is 2.46. The number of carbonyl (C=O) groups is 4. The first-order valence-electron chi connectivity index (χ1n) is 16.3. The lowest BCUT2D eigenvalue weighted by Gasteiger charge is -2.62. The normalized spacial score (nSPS) is 36.3. The molecule has 0 aromatic heterocycles. The van der Waals surface area contributed by atoms with Crippen molar-refractivity contribution in [1.29, 1.82) is 0 Å². The summed E-state index contributed by atoms with van der Waals surface area (Å²) in [4.78, 5) is 51.3. The van der Waals surface area contributed by atoms with Crippen LogP contribution in [0.15, 0.2) is 30.3 Å². The number of hydrogen-bond donors (Lipinski definition) is 1. The lowest BCUT2D eigenvalue weighted by molar-refractivity contribution is -0.182. The Morgan fingerprint density at radius 3 is 2.35 bits per heavy atom. The standard InChI is InChI=1S/C35H50N2O6/c1-23(38)27-13-14-28-26-12-11-25-19-33(2,17-18-34(25,3)29(26)15-16-35(27,28)4)43-31(40)21-37(5)30(39)20-36-32(41)42-22-24-9-7-6-8-10-24/h6-10,25-29H,11-22H2,1-5H3,(H,36,41)/t25-,26-,27+,28-,29-,33+,34-,35+/m0/s1. The molecular formula is C35H50N2O6. The van der Waals surface area contributed by atoms with E-state index in [1.54, 1.807) is 14.0 Å². The molecule has 4 saturated carbocycles. The summed E-state index contributed by atoms with van der Waals surface area (Å²) in [6.45, 7) is 8.41. The molecule has 5 rings (SSSR count). The van der Waals surface area contributed by atoms with Gasteiger partial charge in [0, 0.05) is 13.0 Å². The predicted molar refractivity (Wildman–Crippen MR) is 163 cm³/mol. The number of benzene rings is 1. The van der Waals surface area contributed by atoms with Crippen LogP contribution in [-0.2, 0) is 30.5 Å². The zero-order chi connectivity index (χ0) is 31.0. The van der Waals surface area contributed by atoms with Crippen LogP contribution in [0, 0.1) is 40.4 Å². The van der Waals surface area contributed by atoms with Gasteiger partial charge >= 0.3 is 12.1 Å². The first-order chi connectivity index (χ1) is 20.3. The molecule has 2 amide bonds. The number of nitrogens with zero attached hydrogens (tertiary/aromatic N) is 1. The van der Waals surface area contributed by atoms with Gasteiger partial charge in [0.15, 0.2) is 0 Å². The van der Waals surface area contributed by atoms with Crippen LogP contribution < -0.4 is 5.32 Å². The highest BCUT2D eigenvalue weighted by atomic mass is 16.6.